The van der Waals surface area contributed by atoms with Crippen molar-refractivity contribution in [2.45, 2.75) is 50.9 Å². The van der Waals surface area contributed by atoms with Crippen LogP contribution in [0.5, 0.6) is 0 Å². The van der Waals surface area contributed by atoms with Crippen LogP contribution in [0.25, 0.3) is 0 Å². The van der Waals surface area contributed by atoms with Crippen molar-refractivity contribution < 1.29 is 42.3 Å². The fourth-order valence-corrected chi connectivity index (χ4v) is 4.81. The Morgan fingerprint density at radius 3 is 2.41 bits per heavy atom. The molecule has 2 atom stereocenters. The van der Waals surface area contributed by atoms with E-state index < -0.39 is 0 Å². The third-order valence-corrected chi connectivity index (χ3v) is 6.43. The van der Waals surface area contributed by atoms with Crippen molar-refractivity contribution in [3.63, 3.8) is 0 Å². The van der Waals surface area contributed by atoms with E-state index in [-0.39, 0.29) is 44.4 Å². The third-order valence-electron chi connectivity index (χ3n) is 6.43. The maximum Gasteiger partial charge on any atom is 0.167 e. The average Bonchev–Trinajstić information content (AvgIpc) is 2.81. The zero-order valence-corrected chi connectivity index (χ0v) is 21.3. The van der Waals surface area contributed by atoms with E-state index in [2.05, 4.69) is 18.2 Å². The van der Waals surface area contributed by atoms with E-state index in [0.29, 0.717) is 30.1 Å². The molecule has 1 saturated carbocycles. The van der Waals surface area contributed by atoms with Gasteiger partial charge in [-0.25, -0.2) is 0 Å². The fourth-order valence-electron chi connectivity index (χ4n) is 4.81. The van der Waals surface area contributed by atoms with Crippen LogP contribution in [-0.2, 0) is 50.3 Å². The van der Waals surface area contributed by atoms with Gasteiger partial charge >= 0.3 is 0 Å². The molecule has 3 aromatic carbocycles. The van der Waals surface area contributed by atoms with Gasteiger partial charge in [-0.15, -0.1) is 0 Å². The molecule has 3 aromatic rings. The zero-order chi connectivity index (χ0) is 21.5. The van der Waals surface area contributed by atoms with Gasteiger partial charge in [-0.1, -0.05) is 73.9 Å². The number of Topliss-reactive ketones (excluding diaryl/α,β-unsaturated/α-hetero) is 2. The molecule has 4 rings (SSSR count). The van der Waals surface area contributed by atoms with Crippen LogP contribution in [0.3, 0.4) is 0 Å². The Morgan fingerprint density at radius 1 is 0.938 bits per heavy atom. The number of hydrogen-bond acceptors (Lipinski definition) is 2. The van der Waals surface area contributed by atoms with Gasteiger partial charge in [0, 0.05) is 57.0 Å². The standard InChI is InChI=1S/C29H29O2.Y/c30-27-16-8-15-25(14-7-13-22-9-3-1-4-10-22)29(27)26-19-17-24(18-20-26)28(31)21-23-11-5-2-6-12-23;/h1-3,5-6,9-12,17-20,25,29H,7-8,13-16,21H2;/q-1;. The Balaban J connectivity index is 0.00000289. The average molecular weight is 498 g/mol. The van der Waals surface area contributed by atoms with Crippen molar-refractivity contribution in [3.05, 3.63) is 107 Å². The number of benzene rings is 3. The van der Waals surface area contributed by atoms with E-state index >= 15 is 0 Å². The number of carbonyl (C=O) groups excluding carboxylic acids is 2. The third kappa shape index (κ3) is 6.56. The molecule has 0 aliphatic heterocycles. The molecule has 2 unspecified atom stereocenters. The summed E-state index contributed by atoms with van der Waals surface area (Å²) in [4.78, 5) is 25.5. The van der Waals surface area contributed by atoms with Crippen LogP contribution in [0.2, 0.25) is 0 Å². The minimum atomic E-state index is -0.0330. The van der Waals surface area contributed by atoms with Crippen LogP contribution < -0.4 is 0 Å². The molecule has 0 bridgehead atoms. The largest absolute Gasteiger partial charge is 0.299 e. The molecular weight excluding hydrogens is 469 g/mol. The Hall–Kier alpha value is -1.90. The Labute approximate surface area is 216 Å². The van der Waals surface area contributed by atoms with Gasteiger partial charge in [-0.3, -0.25) is 9.59 Å². The van der Waals surface area contributed by atoms with Gasteiger partial charge in [0.1, 0.15) is 5.78 Å². The van der Waals surface area contributed by atoms with E-state index in [0.717, 1.165) is 43.2 Å². The molecular formula is C29H29O2Y-. The summed E-state index contributed by atoms with van der Waals surface area (Å²) in [6.07, 6.45) is 6.34. The number of carbonyl (C=O) groups is 2. The summed E-state index contributed by atoms with van der Waals surface area (Å²) < 4.78 is 0. The van der Waals surface area contributed by atoms with E-state index in [1.54, 1.807) is 0 Å². The van der Waals surface area contributed by atoms with Crippen molar-refractivity contribution in [2.75, 3.05) is 0 Å². The van der Waals surface area contributed by atoms with Crippen LogP contribution >= 0.6 is 0 Å². The smallest absolute Gasteiger partial charge is 0.167 e. The van der Waals surface area contributed by atoms with Crippen LogP contribution in [0.4, 0.5) is 0 Å². The van der Waals surface area contributed by atoms with Crippen molar-refractivity contribution in [1.29, 1.82) is 0 Å². The molecule has 0 aromatic heterocycles. The molecule has 0 heterocycles. The van der Waals surface area contributed by atoms with E-state index in [4.69, 9.17) is 0 Å². The van der Waals surface area contributed by atoms with Gasteiger partial charge in [0.05, 0.1) is 0 Å². The summed E-state index contributed by atoms with van der Waals surface area (Å²) in [5.74, 6) is 0.825. The molecule has 0 saturated heterocycles. The van der Waals surface area contributed by atoms with Crippen molar-refractivity contribution in [3.8, 4) is 0 Å². The maximum absolute atomic E-state index is 12.8. The van der Waals surface area contributed by atoms with Crippen molar-refractivity contribution >= 4 is 11.6 Å². The second-order valence-corrected chi connectivity index (χ2v) is 8.61. The first-order valence-corrected chi connectivity index (χ1v) is 11.4. The fraction of sp³-hybridized carbons (Fsp3) is 0.310. The number of hydrogen-bond donors (Lipinski definition) is 0. The zero-order valence-electron chi connectivity index (χ0n) is 18.5. The summed E-state index contributed by atoms with van der Waals surface area (Å²) >= 11 is 0. The Bertz CT molecular complexity index is 996. The summed E-state index contributed by atoms with van der Waals surface area (Å²) in [5, 5.41) is 0. The van der Waals surface area contributed by atoms with Gasteiger partial charge in [0.2, 0.25) is 0 Å². The van der Waals surface area contributed by atoms with E-state index in [9.17, 15) is 9.59 Å². The molecule has 3 heteroatoms. The predicted molar refractivity (Wildman–Crippen MR) is 124 cm³/mol. The van der Waals surface area contributed by atoms with Crippen LogP contribution in [0.15, 0.2) is 78.9 Å². The summed E-state index contributed by atoms with van der Waals surface area (Å²) in [6.45, 7) is 0. The first-order valence-electron chi connectivity index (χ1n) is 11.4. The van der Waals surface area contributed by atoms with Crippen LogP contribution in [0, 0.1) is 12.0 Å². The second-order valence-electron chi connectivity index (χ2n) is 8.61. The molecule has 0 N–H and O–H groups in total. The number of aryl methyl sites for hydroxylation is 1. The van der Waals surface area contributed by atoms with Gasteiger partial charge in [0.15, 0.2) is 5.78 Å². The van der Waals surface area contributed by atoms with Gasteiger partial charge in [-0.2, -0.15) is 35.9 Å². The Kier molecular flexibility index (Phi) is 9.57. The second kappa shape index (κ2) is 12.4. The van der Waals surface area contributed by atoms with Gasteiger partial charge in [-0.05, 0) is 29.9 Å². The first kappa shape index (κ1) is 24.7. The predicted octanol–water partition coefficient (Wildman–Crippen LogP) is 6.39. The monoisotopic (exact) mass is 498 g/mol. The molecule has 1 fully saturated rings. The molecule has 32 heavy (non-hydrogen) atoms. The molecule has 1 radical (unpaired) electrons. The minimum absolute atomic E-state index is 0. The van der Waals surface area contributed by atoms with Gasteiger partial charge < -0.3 is 0 Å². The maximum atomic E-state index is 12.8. The summed E-state index contributed by atoms with van der Waals surface area (Å²) in [7, 11) is 0. The van der Waals surface area contributed by atoms with Gasteiger partial charge in [0.25, 0.3) is 0 Å². The van der Waals surface area contributed by atoms with E-state index in [1.807, 2.05) is 66.7 Å². The summed E-state index contributed by atoms with van der Waals surface area (Å²) in [6, 6.07) is 28.9. The molecule has 1 aliphatic rings. The van der Waals surface area contributed by atoms with E-state index in [1.165, 1.54) is 5.56 Å². The molecule has 0 amide bonds. The van der Waals surface area contributed by atoms with Crippen molar-refractivity contribution in [1.82, 2.24) is 0 Å². The SMILES string of the molecule is O=C(Cc1ccccc1)c1ccc(C2C(=O)CCCC2CCCc2c[c-]ccc2)cc1.[Y]. The number of rotatable bonds is 8. The Morgan fingerprint density at radius 2 is 1.69 bits per heavy atom. The molecule has 161 valence electrons. The van der Waals surface area contributed by atoms with Crippen LogP contribution in [0.1, 0.15) is 65.1 Å². The molecule has 1 aliphatic carbocycles. The van der Waals surface area contributed by atoms with Crippen LogP contribution in [-0.4, -0.2) is 11.6 Å². The first-order chi connectivity index (χ1) is 15.2. The summed E-state index contributed by atoms with van der Waals surface area (Å²) in [5.41, 5.74) is 4.12. The number of ketones is 2. The minimum Gasteiger partial charge on any atom is -0.299 e. The van der Waals surface area contributed by atoms with Crippen molar-refractivity contribution in [2.24, 2.45) is 5.92 Å². The topological polar surface area (TPSA) is 34.1 Å². The molecule has 2 nitrogen and oxygen atoms in total. The normalized spacial score (nSPS) is 18.1. The quantitative estimate of drug-likeness (QED) is 0.267. The molecule has 0 spiro atoms.